The predicted octanol–water partition coefficient (Wildman–Crippen LogP) is 2.23. The Labute approximate surface area is 170 Å². The Balaban J connectivity index is 1.07. The second-order valence-electron chi connectivity index (χ2n) is 8.12. The van der Waals surface area contributed by atoms with E-state index in [2.05, 4.69) is 32.7 Å². The molecule has 1 saturated carbocycles. The molecule has 2 fully saturated rings. The van der Waals surface area contributed by atoms with E-state index in [1.54, 1.807) is 24.5 Å². The first-order chi connectivity index (χ1) is 14.2. The van der Waals surface area contributed by atoms with Gasteiger partial charge in [-0.15, -0.1) is 0 Å². The summed E-state index contributed by atoms with van der Waals surface area (Å²) in [6, 6.07) is 10.0. The second kappa shape index (κ2) is 7.35. The fourth-order valence-corrected chi connectivity index (χ4v) is 4.75. The van der Waals surface area contributed by atoms with E-state index in [0.717, 1.165) is 41.9 Å². The maximum atomic E-state index is 12.0. The summed E-state index contributed by atoms with van der Waals surface area (Å²) in [7, 11) is 0. The summed E-state index contributed by atoms with van der Waals surface area (Å²) in [5.41, 5.74) is 3.99. The average molecular weight is 388 g/mol. The molecule has 0 radical (unpaired) electrons. The van der Waals surface area contributed by atoms with Crippen LogP contribution in [0.15, 0.2) is 48.8 Å². The first-order valence-electron chi connectivity index (χ1n) is 10.2. The Morgan fingerprint density at radius 3 is 2.93 bits per heavy atom. The molecular weight excluding hydrogens is 364 g/mol. The highest BCUT2D eigenvalue weighted by atomic mass is 16.2. The van der Waals surface area contributed by atoms with Crippen LogP contribution in [0, 0.1) is 17.8 Å². The Morgan fingerprint density at radius 1 is 1.28 bits per heavy atom. The molecule has 0 spiro atoms. The van der Waals surface area contributed by atoms with Crippen LogP contribution < -0.4 is 15.5 Å². The van der Waals surface area contributed by atoms with E-state index in [0.29, 0.717) is 30.8 Å². The lowest BCUT2D eigenvalue weighted by atomic mass is 10.1. The van der Waals surface area contributed by atoms with Crippen molar-refractivity contribution in [1.29, 1.82) is 0 Å². The summed E-state index contributed by atoms with van der Waals surface area (Å²) in [5.74, 6) is 2.10. The molecule has 2 amide bonds. The van der Waals surface area contributed by atoms with E-state index in [1.165, 1.54) is 0 Å². The highest BCUT2D eigenvalue weighted by molar-refractivity contribution is 5.99. The topological polar surface area (TPSA) is 74.3 Å². The maximum Gasteiger partial charge on any atom is 0.251 e. The molecule has 6 heteroatoms. The summed E-state index contributed by atoms with van der Waals surface area (Å²) in [6.45, 7) is 3.45. The minimum atomic E-state index is -0.0577. The van der Waals surface area contributed by atoms with Crippen LogP contribution in [0.2, 0.25) is 0 Å². The molecule has 148 valence electrons. The van der Waals surface area contributed by atoms with E-state index in [1.807, 2.05) is 18.2 Å². The van der Waals surface area contributed by atoms with Crippen LogP contribution in [0.3, 0.4) is 0 Å². The number of hydrogen-bond acceptors (Lipinski definition) is 4. The number of pyridine rings is 1. The summed E-state index contributed by atoms with van der Waals surface area (Å²) < 4.78 is 0. The molecule has 2 aliphatic heterocycles. The van der Waals surface area contributed by atoms with Crippen LogP contribution in [0.1, 0.15) is 27.9 Å². The van der Waals surface area contributed by atoms with Crippen molar-refractivity contribution in [3.63, 3.8) is 0 Å². The van der Waals surface area contributed by atoms with Crippen LogP contribution in [0.25, 0.3) is 6.08 Å². The van der Waals surface area contributed by atoms with Crippen molar-refractivity contribution >= 4 is 23.6 Å². The number of aromatic nitrogens is 1. The van der Waals surface area contributed by atoms with Crippen LogP contribution in [0.5, 0.6) is 0 Å². The van der Waals surface area contributed by atoms with Gasteiger partial charge in [-0.3, -0.25) is 14.6 Å². The number of hydrogen-bond donors (Lipinski definition) is 2. The van der Waals surface area contributed by atoms with Crippen molar-refractivity contribution in [2.24, 2.45) is 17.8 Å². The SMILES string of the molecule is O=C(/C=C/c1cccnc1)NCCC1C2CN(c3ccc4c(c3)C(=O)NC4)CC12. The number of carbonyl (C=O) groups excluding carboxylic acids is 2. The molecule has 3 heterocycles. The fraction of sp³-hybridized carbons (Fsp3) is 0.348. The minimum Gasteiger partial charge on any atom is -0.371 e. The summed E-state index contributed by atoms with van der Waals surface area (Å²) in [6.07, 6.45) is 7.82. The molecule has 0 bridgehead atoms. The molecule has 1 aliphatic carbocycles. The number of fused-ring (bicyclic) bond motifs is 2. The van der Waals surface area contributed by atoms with Crippen LogP contribution in [-0.2, 0) is 11.3 Å². The number of carbonyl (C=O) groups is 2. The third-order valence-corrected chi connectivity index (χ3v) is 6.40. The van der Waals surface area contributed by atoms with Crippen LogP contribution >= 0.6 is 0 Å². The molecule has 5 rings (SSSR count). The normalized spacial score (nSPS) is 24.3. The van der Waals surface area contributed by atoms with Gasteiger partial charge < -0.3 is 15.5 Å². The van der Waals surface area contributed by atoms with E-state index < -0.39 is 0 Å². The van der Waals surface area contributed by atoms with Crippen molar-refractivity contribution in [1.82, 2.24) is 15.6 Å². The van der Waals surface area contributed by atoms with Gasteiger partial charge in [-0.25, -0.2) is 0 Å². The first kappa shape index (κ1) is 17.9. The number of piperidine rings is 1. The number of nitrogens with zero attached hydrogens (tertiary/aromatic N) is 2. The van der Waals surface area contributed by atoms with Gasteiger partial charge in [-0.05, 0) is 59.6 Å². The van der Waals surface area contributed by atoms with Crippen molar-refractivity contribution in [2.45, 2.75) is 13.0 Å². The largest absolute Gasteiger partial charge is 0.371 e. The highest BCUT2D eigenvalue weighted by Crippen LogP contribution is 2.54. The summed E-state index contributed by atoms with van der Waals surface area (Å²) >= 11 is 0. The van der Waals surface area contributed by atoms with Gasteiger partial charge in [-0.2, -0.15) is 0 Å². The Morgan fingerprint density at radius 2 is 2.14 bits per heavy atom. The fourth-order valence-electron chi connectivity index (χ4n) is 4.75. The number of rotatable bonds is 6. The van der Waals surface area contributed by atoms with Gasteiger partial charge >= 0.3 is 0 Å². The number of amides is 2. The van der Waals surface area contributed by atoms with Crippen molar-refractivity contribution in [2.75, 3.05) is 24.5 Å². The number of benzene rings is 1. The molecule has 1 aromatic carbocycles. The van der Waals surface area contributed by atoms with Gasteiger partial charge in [-0.1, -0.05) is 12.1 Å². The molecule has 29 heavy (non-hydrogen) atoms. The monoisotopic (exact) mass is 388 g/mol. The van der Waals surface area contributed by atoms with Crippen LogP contribution in [0.4, 0.5) is 5.69 Å². The zero-order valence-corrected chi connectivity index (χ0v) is 16.2. The zero-order chi connectivity index (χ0) is 19.8. The van der Waals surface area contributed by atoms with Gasteiger partial charge in [0.15, 0.2) is 0 Å². The van der Waals surface area contributed by atoms with Gasteiger partial charge in [0.25, 0.3) is 5.91 Å². The van der Waals surface area contributed by atoms with Crippen LogP contribution in [-0.4, -0.2) is 36.4 Å². The zero-order valence-electron chi connectivity index (χ0n) is 16.2. The van der Waals surface area contributed by atoms with Crippen molar-refractivity contribution in [3.8, 4) is 0 Å². The molecule has 2 unspecified atom stereocenters. The molecule has 3 aliphatic rings. The molecule has 1 aromatic heterocycles. The lowest BCUT2D eigenvalue weighted by molar-refractivity contribution is -0.116. The lowest BCUT2D eigenvalue weighted by Crippen LogP contribution is -2.26. The Hall–Kier alpha value is -3.15. The highest BCUT2D eigenvalue weighted by Gasteiger charge is 2.54. The van der Waals surface area contributed by atoms with Crippen molar-refractivity contribution in [3.05, 3.63) is 65.5 Å². The molecule has 1 saturated heterocycles. The quantitative estimate of drug-likeness (QED) is 0.745. The Kier molecular flexibility index (Phi) is 4.54. The molecule has 6 nitrogen and oxygen atoms in total. The second-order valence-corrected chi connectivity index (χ2v) is 8.12. The van der Waals surface area contributed by atoms with Gasteiger partial charge in [0.1, 0.15) is 0 Å². The molecule has 2 aromatic rings. The van der Waals surface area contributed by atoms with E-state index >= 15 is 0 Å². The average Bonchev–Trinajstić information content (AvgIpc) is 3.07. The minimum absolute atomic E-state index is 0.0393. The summed E-state index contributed by atoms with van der Waals surface area (Å²) in [4.78, 5) is 30.3. The predicted molar refractivity (Wildman–Crippen MR) is 111 cm³/mol. The summed E-state index contributed by atoms with van der Waals surface area (Å²) in [5, 5.41) is 5.86. The first-order valence-corrected chi connectivity index (χ1v) is 10.2. The van der Waals surface area contributed by atoms with Gasteiger partial charge in [0.2, 0.25) is 5.91 Å². The third-order valence-electron chi connectivity index (χ3n) is 6.40. The smallest absolute Gasteiger partial charge is 0.251 e. The standard InChI is InChI=1S/C23H24N4O2/c28-22(6-3-15-2-1-8-24-11-15)25-9-7-18-20-13-27(14-21(18)20)17-5-4-16-12-26-23(29)19(16)10-17/h1-6,8,10-11,18,20-21H,7,9,12-14H2,(H,25,28)(H,26,29)/b6-3+. The van der Waals surface area contributed by atoms with Crippen molar-refractivity contribution < 1.29 is 9.59 Å². The number of anilines is 1. The molecular formula is C23H24N4O2. The van der Waals surface area contributed by atoms with E-state index in [-0.39, 0.29) is 11.8 Å². The number of nitrogens with one attached hydrogen (secondary N) is 2. The molecule has 2 atom stereocenters. The third kappa shape index (κ3) is 3.62. The Bertz CT molecular complexity index is 960. The maximum absolute atomic E-state index is 12.0. The van der Waals surface area contributed by atoms with E-state index in [4.69, 9.17) is 0 Å². The van der Waals surface area contributed by atoms with Gasteiger partial charge in [0.05, 0.1) is 0 Å². The van der Waals surface area contributed by atoms with E-state index in [9.17, 15) is 9.59 Å². The molecule has 2 N–H and O–H groups in total. The lowest BCUT2D eigenvalue weighted by Gasteiger charge is -2.22. The van der Waals surface area contributed by atoms with Gasteiger partial charge in [0, 0.05) is 55.9 Å².